The van der Waals surface area contributed by atoms with Crippen LogP contribution < -0.4 is 10.5 Å². The van der Waals surface area contributed by atoms with Crippen LogP contribution in [0.25, 0.3) is 21.7 Å². The Kier molecular flexibility index (Phi) is 3.15. The van der Waals surface area contributed by atoms with E-state index < -0.39 is 0 Å². The van der Waals surface area contributed by atoms with Crippen LogP contribution in [0.5, 0.6) is 5.75 Å². The largest absolute Gasteiger partial charge is 0.497 e. The molecule has 3 rings (SSSR count). The molecule has 6 heteroatoms. The first-order valence-electron chi connectivity index (χ1n) is 5.92. The predicted octanol–water partition coefficient (Wildman–Crippen LogP) is 3.54. The van der Waals surface area contributed by atoms with Gasteiger partial charge in [-0.2, -0.15) is 5.10 Å². The Balaban J connectivity index is 2.16. The lowest BCUT2D eigenvalue weighted by molar-refractivity contribution is 0.411. The summed E-state index contributed by atoms with van der Waals surface area (Å²) in [6, 6.07) is 8.54. The van der Waals surface area contributed by atoms with Gasteiger partial charge in [-0.3, -0.25) is 5.10 Å². The van der Waals surface area contributed by atoms with Crippen molar-refractivity contribution in [2.24, 2.45) is 0 Å². The van der Waals surface area contributed by atoms with Gasteiger partial charge in [0.1, 0.15) is 11.6 Å². The molecule has 2 aromatic heterocycles. The molecule has 0 aliphatic heterocycles. The van der Waals surface area contributed by atoms with Crippen molar-refractivity contribution in [2.75, 3.05) is 12.8 Å². The third kappa shape index (κ3) is 2.04. The van der Waals surface area contributed by atoms with Crippen LogP contribution in [0.15, 0.2) is 35.7 Å². The van der Waals surface area contributed by atoms with E-state index in [0.29, 0.717) is 22.8 Å². The van der Waals surface area contributed by atoms with Gasteiger partial charge in [-0.05, 0) is 23.6 Å². The van der Waals surface area contributed by atoms with E-state index in [4.69, 9.17) is 10.5 Å². The summed E-state index contributed by atoms with van der Waals surface area (Å²) in [6.07, 6.45) is 0. The maximum atomic E-state index is 14.2. The minimum absolute atomic E-state index is 0.359. The minimum Gasteiger partial charge on any atom is -0.497 e. The van der Waals surface area contributed by atoms with E-state index in [9.17, 15) is 4.39 Å². The molecular weight excluding hydrogens is 277 g/mol. The maximum absolute atomic E-state index is 14.2. The molecule has 0 bridgehead atoms. The number of nitrogen functional groups attached to an aromatic ring is 1. The fourth-order valence-corrected chi connectivity index (χ4v) is 2.83. The fraction of sp³-hybridized carbons (Fsp3) is 0.0714. The summed E-state index contributed by atoms with van der Waals surface area (Å²) in [7, 11) is 1.50. The van der Waals surface area contributed by atoms with Crippen molar-refractivity contribution in [1.29, 1.82) is 0 Å². The Labute approximate surface area is 119 Å². The number of aromatic amines is 1. The topological polar surface area (TPSA) is 63.9 Å². The smallest absolute Gasteiger partial charge is 0.154 e. The molecule has 0 atom stereocenters. The minimum atomic E-state index is -0.384. The van der Waals surface area contributed by atoms with E-state index in [-0.39, 0.29) is 5.82 Å². The number of nitrogens with zero attached hydrogens (tertiary/aromatic N) is 1. The van der Waals surface area contributed by atoms with Crippen LogP contribution in [-0.2, 0) is 0 Å². The average Bonchev–Trinajstić information content (AvgIpc) is 3.07. The van der Waals surface area contributed by atoms with Crippen molar-refractivity contribution in [3.8, 4) is 27.4 Å². The van der Waals surface area contributed by atoms with Gasteiger partial charge in [0.25, 0.3) is 0 Å². The molecule has 0 radical (unpaired) electrons. The molecule has 0 fully saturated rings. The molecule has 0 saturated carbocycles. The Hall–Kier alpha value is -2.34. The number of hydrogen-bond acceptors (Lipinski definition) is 4. The number of aromatic nitrogens is 2. The number of nitrogens with one attached hydrogen (secondary N) is 1. The number of benzene rings is 1. The first-order chi connectivity index (χ1) is 9.70. The number of nitrogens with two attached hydrogens (primary N) is 1. The zero-order chi connectivity index (χ0) is 14.1. The van der Waals surface area contributed by atoms with Crippen molar-refractivity contribution in [3.05, 3.63) is 41.5 Å². The van der Waals surface area contributed by atoms with E-state index in [2.05, 4.69) is 10.2 Å². The van der Waals surface area contributed by atoms with Crippen LogP contribution in [0.1, 0.15) is 0 Å². The van der Waals surface area contributed by atoms with E-state index in [1.807, 2.05) is 17.5 Å². The molecule has 0 unspecified atom stereocenters. The predicted molar refractivity (Wildman–Crippen MR) is 78.3 cm³/mol. The zero-order valence-electron chi connectivity index (χ0n) is 10.7. The second kappa shape index (κ2) is 4.97. The van der Waals surface area contributed by atoms with Crippen LogP contribution in [0.4, 0.5) is 10.2 Å². The second-order valence-electron chi connectivity index (χ2n) is 4.18. The van der Waals surface area contributed by atoms with Crippen molar-refractivity contribution >= 4 is 17.2 Å². The SMILES string of the molecule is COc1ccc(-c2[nH]nc(N)c2-c2cccs2)c(F)c1. The summed E-state index contributed by atoms with van der Waals surface area (Å²) in [4.78, 5) is 0.946. The van der Waals surface area contributed by atoms with Crippen LogP contribution in [-0.4, -0.2) is 17.3 Å². The lowest BCUT2D eigenvalue weighted by Crippen LogP contribution is -1.90. The van der Waals surface area contributed by atoms with Gasteiger partial charge in [-0.1, -0.05) is 6.07 Å². The van der Waals surface area contributed by atoms with Crippen LogP contribution in [0, 0.1) is 5.82 Å². The highest BCUT2D eigenvalue weighted by molar-refractivity contribution is 7.13. The number of thiophene rings is 1. The Morgan fingerprint density at radius 3 is 2.85 bits per heavy atom. The molecule has 2 heterocycles. The number of ether oxygens (including phenoxy) is 1. The summed E-state index contributed by atoms with van der Waals surface area (Å²) in [5, 5.41) is 8.74. The molecule has 3 aromatic rings. The third-order valence-corrected chi connectivity index (χ3v) is 3.89. The normalized spacial score (nSPS) is 10.7. The van der Waals surface area contributed by atoms with Crippen molar-refractivity contribution < 1.29 is 9.13 Å². The highest BCUT2D eigenvalue weighted by atomic mass is 32.1. The lowest BCUT2D eigenvalue weighted by atomic mass is 10.1. The number of H-pyrrole nitrogens is 1. The fourth-order valence-electron chi connectivity index (χ4n) is 2.05. The van der Waals surface area contributed by atoms with Gasteiger partial charge in [0.2, 0.25) is 0 Å². The zero-order valence-corrected chi connectivity index (χ0v) is 11.5. The molecule has 1 aromatic carbocycles. The van der Waals surface area contributed by atoms with Gasteiger partial charge in [-0.15, -0.1) is 11.3 Å². The molecule has 0 aliphatic rings. The van der Waals surface area contributed by atoms with Gasteiger partial charge >= 0.3 is 0 Å². The molecule has 4 nitrogen and oxygen atoms in total. The van der Waals surface area contributed by atoms with E-state index >= 15 is 0 Å². The Morgan fingerprint density at radius 2 is 2.20 bits per heavy atom. The lowest BCUT2D eigenvalue weighted by Gasteiger charge is -2.06. The van der Waals surface area contributed by atoms with Crippen LogP contribution in [0.3, 0.4) is 0 Å². The summed E-state index contributed by atoms with van der Waals surface area (Å²) in [5.41, 5.74) is 7.61. The molecule has 3 N–H and O–H groups in total. The molecule has 0 amide bonds. The van der Waals surface area contributed by atoms with Crippen molar-refractivity contribution in [1.82, 2.24) is 10.2 Å². The van der Waals surface area contributed by atoms with Crippen LogP contribution in [0.2, 0.25) is 0 Å². The van der Waals surface area contributed by atoms with Gasteiger partial charge in [-0.25, -0.2) is 4.39 Å². The van der Waals surface area contributed by atoms with Crippen LogP contribution >= 0.6 is 11.3 Å². The Bertz CT molecular complexity index is 737. The summed E-state index contributed by atoms with van der Waals surface area (Å²) < 4.78 is 19.2. The number of hydrogen-bond donors (Lipinski definition) is 2. The number of rotatable bonds is 3. The average molecular weight is 289 g/mol. The molecule has 0 spiro atoms. The Morgan fingerprint density at radius 1 is 1.35 bits per heavy atom. The highest BCUT2D eigenvalue weighted by Crippen LogP contribution is 2.38. The van der Waals surface area contributed by atoms with Gasteiger partial charge in [0.15, 0.2) is 5.82 Å². The van der Waals surface area contributed by atoms with Gasteiger partial charge in [0.05, 0.1) is 18.4 Å². The van der Waals surface area contributed by atoms with Crippen molar-refractivity contribution in [2.45, 2.75) is 0 Å². The number of methoxy groups -OCH3 is 1. The molecule has 20 heavy (non-hydrogen) atoms. The van der Waals surface area contributed by atoms with Gasteiger partial charge in [0, 0.05) is 16.5 Å². The molecule has 102 valence electrons. The standard InChI is InChI=1S/C14H12FN3OS/c1-19-8-4-5-9(10(15)7-8)13-12(14(16)18-17-13)11-3-2-6-20-11/h2-7H,1H3,(H3,16,17,18). The third-order valence-electron chi connectivity index (χ3n) is 3.01. The van der Waals surface area contributed by atoms with E-state index in [0.717, 1.165) is 10.4 Å². The summed E-state index contributed by atoms with van der Waals surface area (Å²) >= 11 is 1.53. The van der Waals surface area contributed by atoms with Crippen molar-refractivity contribution in [3.63, 3.8) is 0 Å². The summed E-state index contributed by atoms with van der Waals surface area (Å²) in [6.45, 7) is 0. The maximum Gasteiger partial charge on any atom is 0.154 e. The highest BCUT2D eigenvalue weighted by Gasteiger charge is 2.18. The second-order valence-corrected chi connectivity index (χ2v) is 5.13. The number of halogens is 1. The number of anilines is 1. The molecule has 0 aliphatic carbocycles. The first-order valence-corrected chi connectivity index (χ1v) is 6.80. The monoisotopic (exact) mass is 289 g/mol. The first kappa shape index (κ1) is 12.7. The quantitative estimate of drug-likeness (QED) is 0.775. The van der Waals surface area contributed by atoms with Gasteiger partial charge < -0.3 is 10.5 Å². The van der Waals surface area contributed by atoms with E-state index in [1.165, 1.54) is 24.5 Å². The summed E-state index contributed by atoms with van der Waals surface area (Å²) in [5.74, 6) is 0.444. The molecule has 0 saturated heterocycles. The molecular formula is C14H12FN3OS. The van der Waals surface area contributed by atoms with E-state index in [1.54, 1.807) is 12.1 Å².